The summed E-state index contributed by atoms with van der Waals surface area (Å²) in [4.78, 5) is -0.0666. The Kier molecular flexibility index (Phi) is 5.07. The highest BCUT2D eigenvalue weighted by atomic mass is 32.2. The molecule has 1 aromatic carbocycles. The first kappa shape index (κ1) is 14.1. The Balaban J connectivity index is 0.000000202. The monoisotopic (exact) mass is 259 g/mol. The van der Waals surface area contributed by atoms with Gasteiger partial charge in [0.15, 0.2) is 0 Å². The zero-order valence-electron chi connectivity index (χ0n) is 9.67. The van der Waals surface area contributed by atoms with Crippen LogP contribution in [0, 0.1) is 6.92 Å². The Labute approximate surface area is 101 Å². The van der Waals surface area contributed by atoms with Gasteiger partial charge in [-0.15, -0.1) is 0 Å². The summed E-state index contributed by atoms with van der Waals surface area (Å²) in [5.41, 5.74) is 6.37. The average Bonchev–Trinajstić information content (AvgIpc) is 2.69. The Morgan fingerprint density at radius 2 is 1.94 bits per heavy atom. The first-order chi connectivity index (χ1) is 7.89. The molecule has 1 fully saturated rings. The molecule has 0 bridgehead atoms. The van der Waals surface area contributed by atoms with E-state index in [0.717, 1.165) is 25.2 Å². The normalized spacial score (nSPS) is 19.6. The Morgan fingerprint density at radius 3 is 2.24 bits per heavy atom. The second kappa shape index (κ2) is 6.11. The van der Waals surface area contributed by atoms with E-state index in [9.17, 15) is 8.42 Å². The van der Waals surface area contributed by atoms with Crippen molar-refractivity contribution >= 4 is 10.1 Å². The van der Waals surface area contributed by atoms with Crippen LogP contribution in [0.25, 0.3) is 0 Å². The molecule has 1 saturated heterocycles. The number of hydrogen-bond donors (Lipinski definition) is 2. The van der Waals surface area contributed by atoms with Crippen LogP contribution in [0.4, 0.5) is 0 Å². The van der Waals surface area contributed by atoms with Crippen molar-refractivity contribution in [3.8, 4) is 0 Å². The Morgan fingerprint density at radius 1 is 1.35 bits per heavy atom. The van der Waals surface area contributed by atoms with Crippen LogP contribution >= 0.6 is 0 Å². The molecule has 0 aliphatic carbocycles. The molecule has 3 N–H and O–H groups in total. The molecule has 1 heterocycles. The Bertz CT molecular complexity index is 435. The topological polar surface area (TPSA) is 89.6 Å². The molecule has 0 saturated carbocycles. The van der Waals surface area contributed by atoms with Crippen LogP contribution in [-0.2, 0) is 14.9 Å². The van der Waals surface area contributed by atoms with E-state index in [1.807, 2.05) is 6.92 Å². The van der Waals surface area contributed by atoms with E-state index >= 15 is 0 Å². The van der Waals surface area contributed by atoms with Gasteiger partial charge in [0.1, 0.15) is 0 Å². The second-order valence-corrected chi connectivity index (χ2v) is 5.33. The summed E-state index contributed by atoms with van der Waals surface area (Å²) in [6.07, 6.45) is 1.04. The predicted molar refractivity (Wildman–Crippen MR) is 64.4 cm³/mol. The van der Waals surface area contributed by atoms with Crippen molar-refractivity contribution in [2.45, 2.75) is 24.3 Å². The summed E-state index contributed by atoms with van der Waals surface area (Å²) in [5, 5.41) is 0. The molecule has 1 unspecified atom stereocenters. The number of hydrogen-bond acceptors (Lipinski definition) is 4. The first-order valence-electron chi connectivity index (χ1n) is 5.27. The van der Waals surface area contributed by atoms with Gasteiger partial charge in [0.2, 0.25) is 0 Å². The summed E-state index contributed by atoms with van der Waals surface area (Å²) in [5.74, 6) is 0. The molecule has 5 nitrogen and oxygen atoms in total. The number of benzene rings is 1. The first-order valence-corrected chi connectivity index (χ1v) is 6.71. The Hall–Kier alpha value is -0.950. The largest absolute Gasteiger partial charge is 0.380 e. The number of nitrogens with two attached hydrogens (primary N) is 1. The maximum absolute atomic E-state index is 10.5. The van der Waals surface area contributed by atoms with Crippen molar-refractivity contribution in [3.63, 3.8) is 0 Å². The zero-order chi connectivity index (χ0) is 12.9. The minimum atomic E-state index is -4.02. The minimum absolute atomic E-state index is 0.0666. The molecule has 6 heteroatoms. The third-order valence-corrected chi connectivity index (χ3v) is 3.15. The zero-order valence-corrected chi connectivity index (χ0v) is 10.5. The third kappa shape index (κ3) is 5.27. The fourth-order valence-corrected chi connectivity index (χ4v) is 1.74. The molecular weight excluding hydrogens is 242 g/mol. The molecule has 1 aliphatic heterocycles. The van der Waals surface area contributed by atoms with E-state index in [-0.39, 0.29) is 4.90 Å². The maximum Gasteiger partial charge on any atom is 0.294 e. The van der Waals surface area contributed by atoms with Gasteiger partial charge in [0.05, 0.1) is 11.5 Å². The molecule has 0 radical (unpaired) electrons. The van der Waals surface area contributed by atoms with Crippen molar-refractivity contribution in [2.75, 3.05) is 13.2 Å². The summed E-state index contributed by atoms with van der Waals surface area (Å²) in [7, 11) is -4.02. The van der Waals surface area contributed by atoms with Gasteiger partial charge in [-0.2, -0.15) is 8.42 Å². The van der Waals surface area contributed by atoms with E-state index in [4.69, 9.17) is 15.0 Å². The molecule has 0 amide bonds. The van der Waals surface area contributed by atoms with Crippen LogP contribution in [-0.4, -0.2) is 32.2 Å². The van der Waals surface area contributed by atoms with Gasteiger partial charge in [-0.1, -0.05) is 17.7 Å². The van der Waals surface area contributed by atoms with Crippen LogP contribution in [0.3, 0.4) is 0 Å². The van der Waals surface area contributed by atoms with Crippen molar-refractivity contribution in [1.29, 1.82) is 0 Å². The lowest BCUT2D eigenvalue weighted by atomic mass is 10.2. The SMILES string of the molecule is Cc1ccc(S(=O)(=O)O)cc1.NC1CCOC1. The van der Waals surface area contributed by atoms with E-state index in [2.05, 4.69) is 0 Å². The van der Waals surface area contributed by atoms with E-state index in [0.29, 0.717) is 6.04 Å². The summed E-state index contributed by atoms with van der Waals surface area (Å²) in [6.45, 7) is 3.47. The van der Waals surface area contributed by atoms with Crippen molar-refractivity contribution in [1.82, 2.24) is 0 Å². The van der Waals surface area contributed by atoms with E-state index < -0.39 is 10.1 Å². The molecule has 1 aliphatic rings. The predicted octanol–water partition coefficient (Wildman–Crippen LogP) is 0.976. The lowest BCUT2D eigenvalue weighted by Gasteiger charge is -1.95. The van der Waals surface area contributed by atoms with Crippen molar-refractivity contribution in [2.24, 2.45) is 5.73 Å². The number of ether oxygens (including phenoxy) is 1. The molecule has 0 spiro atoms. The molecule has 17 heavy (non-hydrogen) atoms. The van der Waals surface area contributed by atoms with E-state index in [1.165, 1.54) is 12.1 Å². The van der Waals surface area contributed by atoms with Gasteiger partial charge in [-0.25, -0.2) is 0 Å². The molecule has 2 rings (SSSR count). The number of rotatable bonds is 1. The molecule has 96 valence electrons. The van der Waals surface area contributed by atoms with Gasteiger partial charge in [-0.3, -0.25) is 4.55 Å². The van der Waals surface area contributed by atoms with Crippen LogP contribution in [0.2, 0.25) is 0 Å². The van der Waals surface area contributed by atoms with Gasteiger partial charge >= 0.3 is 0 Å². The second-order valence-electron chi connectivity index (χ2n) is 3.91. The average molecular weight is 259 g/mol. The number of aryl methyl sites for hydroxylation is 1. The third-order valence-electron chi connectivity index (χ3n) is 2.28. The molecule has 1 aromatic rings. The summed E-state index contributed by atoms with van der Waals surface area (Å²) >= 11 is 0. The molecule has 0 aromatic heterocycles. The van der Waals surface area contributed by atoms with Crippen LogP contribution in [0.5, 0.6) is 0 Å². The van der Waals surface area contributed by atoms with Gasteiger partial charge < -0.3 is 10.5 Å². The minimum Gasteiger partial charge on any atom is -0.380 e. The molecular formula is C11H17NO4S. The molecule has 1 atom stereocenters. The highest BCUT2D eigenvalue weighted by Crippen LogP contribution is 2.08. The summed E-state index contributed by atoms with van der Waals surface area (Å²) in [6, 6.07) is 6.31. The van der Waals surface area contributed by atoms with Crippen LogP contribution in [0.1, 0.15) is 12.0 Å². The highest BCUT2D eigenvalue weighted by molar-refractivity contribution is 7.85. The quantitative estimate of drug-likeness (QED) is 0.734. The fourth-order valence-electron chi connectivity index (χ4n) is 1.26. The van der Waals surface area contributed by atoms with Crippen molar-refractivity contribution < 1.29 is 17.7 Å². The highest BCUT2D eigenvalue weighted by Gasteiger charge is 2.08. The van der Waals surface area contributed by atoms with Gasteiger partial charge in [0, 0.05) is 12.6 Å². The van der Waals surface area contributed by atoms with Gasteiger partial charge in [0.25, 0.3) is 10.1 Å². The van der Waals surface area contributed by atoms with Gasteiger partial charge in [-0.05, 0) is 25.5 Å². The van der Waals surface area contributed by atoms with Crippen molar-refractivity contribution in [3.05, 3.63) is 29.8 Å². The van der Waals surface area contributed by atoms with Crippen LogP contribution in [0.15, 0.2) is 29.2 Å². The standard InChI is InChI=1S/C7H8O3S.C4H9NO/c1-6-2-4-7(5-3-6)11(8,9)10;5-4-1-2-6-3-4/h2-5H,1H3,(H,8,9,10);4H,1-3,5H2. The maximum atomic E-state index is 10.5. The fraction of sp³-hybridized carbons (Fsp3) is 0.455. The summed E-state index contributed by atoms with van der Waals surface area (Å²) < 4.78 is 34.5. The smallest absolute Gasteiger partial charge is 0.294 e. The van der Waals surface area contributed by atoms with E-state index in [1.54, 1.807) is 12.1 Å². The van der Waals surface area contributed by atoms with Crippen LogP contribution < -0.4 is 5.73 Å². The lowest BCUT2D eigenvalue weighted by Crippen LogP contribution is -2.18. The lowest BCUT2D eigenvalue weighted by molar-refractivity contribution is 0.194.